The van der Waals surface area contributed by atoms with Crippen LogP contribution in [0.1, 0.15) is 18.4 Å². The van der Waals surface area contributed by atoms with Crippen molar-refractivity contribution in [1.29, 1.82) is 0 Å². The minimum Gasteiger partial charge on any atom is -0.391 e. The second kappa shape index (κ2) is 6.09. The van der Waals surface area contributed by atoms with E-state index in [9.17, 15) is 20.0 Å². The van der Waals surface area contributed by atoms with Gasteiger partial charge in [-0.2, -0.15) is 0 Å². The molecule has 1 aliphatic carbocycles. The number of benzene rings is 1. The van der Waals surface area contributed by atoms with Crippen molar-refractivity contribution >= 4 is 17.4 Å². The number of hydrogen-bond donors (Lipinski definition) is 2. The lowest BCUT2D eigenvalue weighted by Gasteiger charge is -2.21. The summed E-state index contributed by atoms with van der Waals surface area (Å²) in [6.07, 6.45) is 1.49. The highest BCUT2D eigenvalue weighted by Crippen LogP contribution is 2.32. The molecule has 0 spiro atoms. The van der Waals surface area contributed by atoms with E-state index in [2.05, 4.69) is 5.32 Å². The van der Waals surface area contributed by atoms with Crippen molar-refractivity contribution in [2.75, 3.05) is 18.9 Å². The van der Waals surface area contributed by atoms with Crippen LogP contribution in [0.2, 0.25) is 0 Å². The fourth-order valence-corrected chi connectivity index (χ4v) is 2.06. The van der Waals surface area contributed by atoms with Gasteiger partial charge in [0.2, 0.25) is 0 Å². The lowest BCUT2D eigenvalue weighted by molar-refractivity contribution is -0.384. The second-order valence-electron chi connectivity index (χ2n) is 5.47. The van der Waals surface area contributed by atoms with E-state index in [4.69, 9.17) is 0 Å². The quantitative estimate of drug-likeness (QED) is 0.642. The summed E-state index contributed by atoms with van der Waals surface area (Å²) in [5.74, 6) is 0.291. The molecular weight excluding hydrogens is 274 g/mol. The first-order chi connectivity index (χ1) is 9.88. The number of urea groups is 1. The molecule has 2 amide bonds. The zero-order valence-corrected chi connectivity index (χ0v) is 12.1. The lowest BCUT2D eigenvalue weighted by atomic mass is 10.2. The number of non-ortho nitro benzene ring substituents is 1. The molecule has 1 saturated carbocycles. The number of nitrogens with one attached hydrogen (secondary N) is 1. The van der Waals surface area contributed by atoms with Gasteiger partial charge in [-0.1, -0.05) is 6.07 Å². The highest BCUT2D eigenvalue weighted by Gasteiger charge is 2.31. The molecule has 0 heterocycles. The molecule has 1 fully saturated rings. The molecule has 1 aliphatic rings. The van der Waals surface area contributed by atoms with Crippen LogP contribution in [0.3, 0.4) is 0 Å². The maximum atomic E-state index is 12.1. The number of nitrogens with zero attached hydrogens (tertiary/aromatic N) is 2. The van der Waals surface area contributed by atoms with Gasteiger partial charge in [0.15, 0.2) is 0 Å². The molecule has 7 nitrogen and oxygen atoms in total. The van der Waals surface area contributed by atoms with Crippen molar-refractivity contribution in [1.82, 2.24) is 4.90 Å². The van der Waals surface area contributed by atoms with Crippen molar-refractivity contribution in [3.63, 3.8) is 0 Å². The van der Waals surface area contributed by atoms with Gasteiger partial charge in [0.05, 0.1) is 16.7 Å². The number of carbonyl (C=O) groups excluding carboxylic acids is 1. The number of likely N-dealkylation sites (N-methyl/N-ethyl adjacent to an activating group) is 1. The van der Waals surface area contributed by atoms with E-state index in [1.165, 1.54) is 17.0 Å². The predicted octanol–water partition coefficient (Wildman–Crippen LogP) is 2.14. The molecule has 2 rings (SSSR count). The van der Waals surface area contributed by atoms with E-state index in [1.807, 2.05) is 0 Å². The zero-order valence-electron chi connectivity index (χ0n) is 12.1. The van der Waals surface area contributed by atoms with Crippen LogP contribution in [0.15, 0.2) is 18.2 Å². The van der Waals surface area contributed by atoms with Crippen molar-refractivity contribution in [2.45, 2.75) is 25.9 Å². The Morgan fingerprint density at radius 2 is 2.24 bits per heavy atom. The van der Waals surface area contributed by atoms with E-state index >= 15 is 0 Å². The number of rotatable bonds is 5. The van der Waals surface area contributed by atoms with E-state index < -0.39 is 17.1 Å². The highest BCUT2D eigenvalue weighted by molar-refractivity contribution is 5.90. The average molecular weight is 293 g/mol. The summed E-state index contributed by atoms with van der Waals surface area (Å²) in [7, 11) is 1.59. The Morgan fingerprint density at radius 1 is 1.57 bits per heavy atom. The fourth-order valence-electron chi connectivity index (χ4n) is 2.06. The molecule has 1 unspecified atom stereocenters. The number of anilines is 1. The van der Waals surface area contributed by atoms with Crippen LogP contribution in [0.25, 0.3) is 0 Å². The van der Waals surface area contributed by atoms with Gasteiger partial charge in [-0.3, -0.25) is 10.1 Å². The van der Waals surface area contributed by atoms with Crippen molar-refractivity contribution in [3.05, 3.63) is 33.9 Å². The predicted molar refractivity (Wildman–Crippen MR) is 78.2 cm³/mol. The molecule has 114 valence electrons. The van der Waals surface area contributed by atoms with Crippen LogP contribution in [-0.4, -0.2) is 40.7 Å². The van der Waals surface area contributed by atoms with Gasteiger partial charge < -0.3 is 15.3 Å². The second-order valence-corrected chi connectivity index (χ2v) is 5.47. The van der Waals surface area contributed by atoms with Crippen molar-refractivity contribution < 1.29 is 14.8 Å². The van der Waals surface area contributed by atoms with Crippen molar-refractivity contribution in [2.24, 2.45) is 5.92 Å². The summed E-state index contributed by atoms with van der Waals surface area (Å²) in [6, 6.07) is 3.93. The SMILES string of the molecule is Cc1ccc([N+](=O)[O-])cc1NC(=O)N(C)CC(O)C1CC1. The summed E-state index contributed by atoms with van der Waals surface area (Å²) in [6.45, 7) is 2.02. The average Bonchev–Trinajstić information content (AvgIpc) is 3.25. The number of hydrogen-bond acceptors (Lipinski definition) is 4. The number of aliphatic hydroxyl groups excluding tert-OH is 1. The standard InChI is InChI=1S/C14H19N3O4/c1-9-3-6-11(17(20)21)7-12(9)15-14(19)16(2)8-13(18)10-4-5-10/h3,6-7,10,13,18H,4-5,8H2,1-2H3,(H,15,19). The molecule has 0 saturated heterocycles. The number of carbonyl (C=O) groups is 1. The van der Waals surface area contributed by atoms with E-state index in [0.717, 1.165) is 18.4 Å². The number of aryl methyl sites for hydroxylation is 1. The topological polar surface area (TPSA) is 95.7 Å². The molecule has 0 radical (unpaired) electrons. The normalized spacial score (nSPS) is 15.4. The molecule has 7 heteroatoms. The Morgan fingerprint density at radius 3 is 2.81 bits per heavy atom. The first-order valence-corrected chi connectivity index (χ1v) is 6.83. The number of aliphatic hydroxyl groups is 1. The molecule has 0 aromatic heterocycles. The van der Waals surface area contributed by atoms with Gasteiger partial charge in [0.1, 0.15) is 0 Å². The maximum absolute atomic E-state index is 12.1. The molecule has 1 aromatic carbocycles. The third-order valence-electron chi connectivity index (χ3n) is 3.65. The van der Waals surface area contributed by atoms with Crippen molar-refractivity contribution in [3.8, 4) is 0 Å². The highest BCUT2D eigenvalue weighted by atomic mass is 16.6. The smallest absolute Gasteiger partial charge is 0.321 e. The molecule has 1 aromatic rings. The number of amides is 2. The molecule has 1 atom stereocenters. The molecule has 2 N–H and O–H groups in total. The van der Waals surface area contributed by atoms with Crippen LogP contribution in [-0.2, 0) is 0 Å². The summed E-state index contributed by atoms with van der Waals surface area (Å²) in [5.41, 5.74) is 1.07. The van der Waals surface area contributed by atoms with Gasteiger partial charge in [-0.25, -0.2) is 4.79 Å². The van der Waals surface area contributed by atoms with Crippen LogP contribution < -0.4 is 5.32 Å². The van der Waals surface area contributed by atoms with Crippen LogP contribution >= 0.6 is 0 Å². The Balaban J connectivity index is 2.00. The minimum absolute atomic E-state index is 0.0726. The minimum atomic E-state index is -0.507. The van der Waals surface area contributed by atoms with Crippen LogP contribution in [0, 0.1) is 23.0 Å². The first kappa shape index (κ1) is 15.2. The molecule has 0 bridgehead atoms. The van der Waals surface area contributed by atoms with Gasteiger partial charge in [-0.05, 0) is 31.2 Å². The third-order valence-corrected chi connectivity index (χ3v) is 3.65. The first-order valence-electron chi connectivity index (χ1n) is 6.83. The lowest BCUT2D eigenvalue weighted by Crippen LogP contribution is -2.38. The van der Waals surface area contributed by atoms with Gasteiger partial charge in [0.25, 0.3) is 5.69 Å². The Kier molecular flexibility index (Phi) is 4.42. The summed E-state index contributed by atoms with van der Waals surface area (Å²) < 4.78 is 0. The Bertz CT molecular complexity index is 557. The van der Waals surface area contributed by atoms with E-state index in [0.29, 0.717) is 11.6 Å². The largest absolute Gasteiger partial charge is 0.391 e. The summed E-state index contributed by atoms with van der Waals surface area (Å²) >= 11 is 0. The van der Waals surface area contributed by atoms with Crippen LogP contribution in [0.4, 0.5) is 16.2 Å². The van der Waals surface area contributed by atoms with Gasteiger partial charge >= 0.3 is 6.03 Å². The van der Waals surface area contributed by atoms with Crippen LogP contribution in [0.5, 0.6) is 0 Å². The number of nitro groups is 1. The molecule has 0 aliphatic heterocycles. The summed E-state index contributed by atoms with van der Waals surface area (Å²) in [4.78, 5) is 23.7. The van der Waals surface area contributed by atoms with Gasteiger partial charge in [0, 0.05) is 25.7 Å². The van der Waals surface area contributed by atoms with E-state index in [1.54, 1.807) is 20.0 Å². The molecular formula is C14H19N3O4. The van der Waals surface area contributed by atoms with E-state index in [-0.39, 0.29) is 12.2 Å². The zero-order chi connectivity index (χ0) is 15.6. The van der Waals surface area contributed by atoms with Gasteiger partial charge in [-0.15, -0.1) is 0 Å². The summed E-state index contributed by atoms with van der Waals surface area (Å²) in [5, 5.41) is 23.2. The fraction of sp³-hybridized carbons (Fsp3) is 0.500. The Hall–Kier alpha value is -2.15. The molecule has 21 heavy (non-hydrogen) atoms. The monoisotopic (exact) mass is 293 g/mol. The maximum Gasteiger partial charge on any atom is 0.321 e. The third kappa shape index (κ3) is 3.91. The Labute approximate surface area is 122 Å². The number of nitro benzene ring substituents is 1.